The van der Waals surface area contributed by atoms with Crippen molar-refractivity contribution in [3.05, 3.63) is 78.1 Å². The van der Waals surface area contributed by atoms with E-state index in [0.29, 0.717) is 29.8 Å². The Morgan fingerprint density at radius 1 is 0.867 bits per heavy atom. The van der Waals surface area contributed by atoms with Crippen molar-refractivity contribution in [3.63, 3.8) is 0 Å². The fourth-order valence-corrected chi connectivity index (χ4v) is 3.06. The number of hydrogen-bond donors (Lipinski definition) is 2. The van der Waals surface area contributed by atoms with E-state index in [0.717, 1.165) is 22.2 Å². The summed E-state index contributed by atoms with van der Waals surface area (Å²) in [5, 5.41) is 7.45. The molecule has 0 amide bonds. The molecule has 0 saturated carbocycles. The molecule has 2 N–H and O–H groups in total. The molecule has 6 nitrogen and oxygen atoms in total. The Morgan fingerprint density at radius 2 is 1.57 bits per heavy atom. The number of methoxy groups -OCH3 is 2. The molecule has 0 spiro atoms. The van der Waals surface area contributed by atoms with Crippen LogP contribution in [0.3, 0.4) is 0 Å². The van der Waals surface area contributed by atoms with Crippen molar-refractivity contribution in [3.8, 4) is 11.5 Å². The zero-order chi connectivity index (χ0) is 20.9. The monoisotopic (exact) mass is 404 g/mol. The maximum Gasteiger partial charge on any atom is 0.229 e. The second-order valence-electron chi connectivity index (χ2n) is 6.62. The largest absolute Gasteiger partial charge is 0.497 e. The van der Waals surface area contributed by atoms with Gasteiger partial charge in [-0.25, -0.2) is 9.37 Å². The molecule has 0 unspecified atom stereocenters. The molecular weight excluding hydrogens is 383 g/mol. The number of nitrogens with one attached hydrogen (secondary N) is 2. The lowest BCUT2D eigenvalue weighted by molar-refractivity contribution is 0.395. The van der Waals surface area contributed by atoms with Crippen LogP contribution in [-0.4, -0.2) is 24.2 Å². The summed E-state index contributed by atoms with van der Waals surface area (Å²) in [6.07, 6.45) is 0. The van der Waals surface area contributed by atoms with Crippen molar-refractivity contribution < 1.29 is 13.9 Å². The van der Waals surface area contributed by atoms with Crippen LogP contribution in [0.2, 0.25) is 0 Å². The van der Waals surface area contributed by atoms with Gasteiger partial charge in [0.25, 0.3) is 0 Å². The molecule has 3 aromatic carbocycles. The molecule has 30 heavy (non-hydrogen) atoms. The van der Waals surface area contributed by atoms with Gasteiger partial charge in [-0.05, 0) is 29.8 Å². The van der Waals surface area contributed by atoms with Gasteiger partial charge in [-0.2, -0.15) is 4.98 Å². The Hall–Kier alpha value is -3.87. The van der Waals surface area contributed by atoms with Gasteiger partial charge in [0.1, 0.15) is 23.1 Å². The van der Waals surface area contributed by atoms with E-state index in [9.17, 15) is 4.39 Å². The SMILES string of the molecule is COc1cc(Nc2nc(NCc3ccc(F)cc3)c3ccccc3n2)cc(OC)c1. The van der Waals surface area contributed by atoms with E-state index in [1.807, 2.05) is 36.4 Å². The number of aromatic nitrogens is 2. The van der Waals surface area contributed by atoms with Gasteiger partial charge in [0.2, 0.25) is 5.95 Å². The van der Waals surface area contributed by atoms with Crippen LogP contribution < -0.4 is 20.1 Å². The van der Waals surface area contributed by atoms with Gasteiger partial charge >= 0.3 is 0 Å². The highest BCUT2D eigenvalue weighted by Gasteiger charge is 2.09. The van der Waals surface area contributed by atoms with E-state index in [1.54, 1.807) is 32.4 Å². The number of benzene rings is 3. The van der Waals surface area contributed by atoms with Crippen LogP contribution in [0, 0.1) is 5.82 Å². The molecule has 0 aliphatic carbocycles. The third-order valence-electron chi connectivity index (χ3n) is 4.58. The van der Waals surface area contributed by atoms with Crippen molar-refractivity contribution in [1.82, 2.24) is 9.97 Å². The van der Waals surface area contributed by atoms with Gasteiger partial charge in [-0.3, -0.25) is 0 Å². The molecule has 1 aromatic heterocycles. The van der Waals surface area contributed by atoms with Crippen LogP contribution in [0.4, 0.5) is 21.8 Å². The van der Waals surface area contributed by atoms with Crippen LogP contribution >= 0.6 is 0 Å². The van der Waals surface area contributed by atoms with Crippen molar-refractivity contribution in [2.75, 3.05) is 24.9 Å². The first-order valence-corrected chi connectivity index (χ1v) is 9.40. The molecule has 1 heterocycles. The first-order valence-electron chi connectivity index (χ1n) is 9.40. The minimum Gasteiger partial charge on any atom is -0.497 e. The number of para-hydroxylation sites is 1. The van der Waals surface area contributed by atoms with E-state index in [4.69, 9.17) is 9.47 Å². The predicted molar refractivity (Wildman–Crippen MR) is 116 cm³/mol. The third kappa shape index (κ3) is 4.41. The van der Waals surface area contributed by atoms with Gasteiger partial charge in [0, 0.05) is 35.8 Å². The van der Waals surface area contributed by atoms with Crippen molar-refractivity contribution in [1.29, 1.82) is 0 Å². The van der Waals surface area contributed by atoms with E-state index in [2.05, 4.69) is 20.6 Å². The number of rotatable bonds is 7. The molecule has 7 heteroatoms. The highest BCUT2D eigenvalue weighted by Crippen LogP contribution is 2.29. The summed E-state index contributed by atoms with van der Waals surface area (Å²) in [4.78, 5) is 9.27. The Labute approximate surface area is 173 Å². The molecule has 0 bridgehead atoms. The zero-order valence-electron chi connectivity index (χ0n) is 16.6. The molecule has 0 saturated heterocycles. The summed E-state index contributed by atoms with van der Waals surface area (Å²) in [5.41, 5.74) is 2.49. The standard InChI is InChI=1S/C23H21FN4O2/c1-29-18-11-17(12-19(13-18)30-2)26-23-27-21-6-4-3-5-20(21)22(28-23)25-14-15-7-9-16(24)10-8-15/h3-13H,14H2,1-2H3,(H2,25,26,27,28). The fourth-order valence-electron chi connectivity index (χ4n) is 3.06. The minimum atomic E-state index is -0.258. The number of nitrogens with zero attached hydrogens (tertiary/aromatic N) is 2. The molecule has 152 valence electrons. The van der Waals surface area contributed by atoms with Crippen LogP contribution in [0.15, 0.2) is 66.7 Å². The number of halogens is 1. The lowest BCUT2D eigenvalue weighted by Gasteiger charge is -2.13. The van der Waals surface area contributed by atoms with Crippen LogP contribution in [0.5, 0.6) is 11.5 Å². The lowest BCUT2D eigenvalue weighted by atomic mass is 10.2. The topological polar surface area (TPSA) is 68.3 Å². The normalized spacial score (nSPS) is 10.6. The van der Waals surface area contributed by atoms with Gasteiger partial charge in [0.05, 0.1) is 19.7 Å². The average molecular weight is 404 g/mol. The first-order chi connectivity index (χ1) is 14.6. The number of fused-ring (bicyclic) bond motifs is 1. The fraction of sp³-hybridized carbons (Fsp3) is 0.130. The zero-order valence-corrected chi connectivity index (χ0v) is 16.6. The first kappa shape index (κ1) is 19.4. The Morgan fingerprint density at radius 3 is 2.27 bits per heavy atom. The van der Waals surface area contributed by atoms with E-state index >= 15 is 0 Å². The van der Waals surface area contributed by atoms with E-state index in [-0.39, 0.29) is 5.82 Å². The van der Waals surface area contributed by atoms with E-state index in [1.165, 1.54) is 12.1 Å². The van der Waals surface area contributed by atoms with Crippen LogP contribution in [0.1, 0.15) is 5.56 Å². The summed E-state index contributed by atoms with van der Waals surface area (Å²) in [6.45, 7) is 0.508. The second kappa shape index (κ2) is 8.65. The molecule has 0 atom stereocenters. The number of hydrogen-bond acceptors (Lipinski definition) is 6. The third-order valence-corrected chi connectivity index (χ3v) is 4.58. The average Bonchev–Trinajstić information content (AvgIpc) is 2.78. The molecular formula is C23H21FN4O2. The second-order valence-corrected chi connectivity index (χ2v) is 6.62. The van der Waals surface area contributed by atoms with E-state index < -0.39 is 0 Å². The molecule has 0 aliphatic rings. The molecule has 4 aromatic rings. The summed E-state index contributed by atoms with van der Waals surface area (Å²) in [6, 6.07) is 19.6. The number of ether oxygens (including phenoxy) is 2. The van der Waals surface area contributed by atoms with Gasteiger partial charge < -0.3 is 20.1 Å². The Kier molecular flexibility index (Phi) is 5.61. The summed E-state index contributed by atoms with van der Waals surface area (Å²) in [7, 11) is 3.20. The maximum absolute atomic E-state index is 13.2. The van der Waals surface area contributed by atoms with Gasteiger partial charge in [-0.15, -0.1) is 0 Å². The van der Waals surface area contributed by atoms with Gasteiger partial charge in [0.15, 0.2) is 0 Å². The lowest BCUT2D eigenvalue weighted by Crippen LogP contribution is -2.06. The van der Waals surface area contributed by atoms with Crippen LogP contribution in [0.25, 0.3) is 10.9 Å². The molecule has 0 aliphatic heterocycles. The smallest absolute Gasteiger partial charge is 0.229 e. The number of anilines is 3. The summed E-state index contributed by atoms with van der Waals surface area (Å²) >= 11 is 0. The highest BCUT2D eigenvalue weighted by atomic mass is 19.1. The van der Waals surface area contributed by atoms with Crippen molar-refractivity contribution >= 4 is 28.4 Å². The molecule has 0 radical (unpaired) electrons. The Bertz CT molecular complexity index is 1140. The predicted octanol–water partition coefficient (Wildman–Crippen LogP) is 5.14. The van der Waals surface area contributed by atoms with Crippen LogP contribution in [-0.2, 0) is 6.54 Å². The molecule has 4 rings (SSSR count). The quantitative estimate of drug-likeness (QED) is 0.444. The molecule has 0 fully saturated rings. The van der Waals surface area contributed by atoms with Crippen molar-refractivity contribution in [2.24, 2.45) is 0 Å². The summed E-state index contributed by atoms with van der Waals surface area (Å²) in [5.74, 6) is 2.18. The van der Waals surface area contributed by atoms with Crippen molar-refractivity contribution in [2.45, 2.75) is 6.54 Å². The Balaban J connectivity index is 1.65. The summed E-state index contributed by atoms with van der Waals surface area (Å²) < 4.78 is 23.8. The highest BCUT2D eigenvalue weighted by molar-refractivity contribution is 5.90. The van der Waals surface area contributed by atoms with Gasteiger partial charge in [-0.1, -0.05) is 24.3 Å². The minimum absolute atomic E-state index is 0.258. The maximum atomic E-state index is 13.2.